The highest BCUT2D eigenvalue weighted by Gasteiger charge is 2.14. The average Bonchev–Trinajstić information content (AvgIpc) is 2.11. The van der Waals surface area contributed by atoms with Crippen molar-refractivity contribution in [3.63, 3.8) is 0 Å². The highest BCUT2D eigenvalue weighted by molar-refractivity contribution is 14.1. The smallest absolute Gasteiger partial charge is 0.0656 e. The minimum Gasteiger partial charge on any atom is -0.137 e. The summed E-state index contributed by atoms with van der Waals surface area (Å²) in [6.45, 7) is 6.72. The summed E-state index contributed by atoms with van der Waals surface area (Å²) in [5, 5.41) is 2.24. The second kappa shape index (κ2) is 2.81. The van der Waals surface area contributed by atoms with Crippen LogP contribution in [0.4, 0.5) is 0 Å². The van der Waals surface area contributed by atoms with Crippen LogP contribution >= 0.6 is 33.9 Å². The number of halogens is 1. The Labute approximate surface area is 79.8 Å². The van der Waals surface area contributed by atoms with Gasteiger partial charge in [0.2, 0.25) is 0 Å². The molecule has 0 radical (unpaired) electrons. The van der Waals surface area contributed by atoms with Gasteiger partial charge in [0.1, 0.15) is 0 Å². The Morgan fingerprint density at radius 1 is 1.40 bits per heavy atom. The van der Waals surface area contributed by atoms with Crippen LogP contribution in [0.1, 0.15) is 26.3 Å². The third-order valence-electron chi connectivity index (χ3n) is 1.43. The van der Waals surface area contributed by atoms with Crippen molar-refractivity contribution >= 4 is 33.9 Å². The zero-order valence-corrected chi connectivity index (χ0v) is 9.41. The van der Waals surface area contributed by atoms with Crippen LogP contribution in [-0.2, 0) is 5.41 Å². The lowest BCUT2D eigenvalue weighted by Gasteiger charge is -2.15. The molecule has 0 unspecified atom stereocenters. The normalized spacial score (nSPS) is 12.0. The molecule has 0 bridgehead atoms. The zero-order valence-electron chi connectivity index (χ0n) is 6.44. The van der Waals surface area contributed by atoms with Crippen LogP contribution in [0.3, 0.4) is 0 Å². The Morgan fingerprint density at radius 2 is 2.00 bits per heavy atom. The fourth-order valence-corrected chi connectivity index (χ4v) is 2.28. The fraction of sp³-hybridized carbons (Fsp3) is 0.500. The van der Waals surface area contributed by atoms with E-state index in [1.54, 1.807) is 0 Å². The van der Waals surface area contributed by atoms with E-state index in [0.29, 0.717) is 5.41 Å². The van der Waals surface area contributed by atoms with E-state index in [0.717, 1.165) is 0 Å². The third-order valence-corrected chi connectivity index (χ3v) is 3.22. The topological polar surface area (TPSA) is 0 Å². The van der Waals surface area contributed by atoms with E-state index in [1.807, 2.05) is 11.3 Å². The molecule has 0 fully saturated rings. The zero-order chi connectivity index (χ0) is 7.78. The van der Waals surface area contributed by atoms with Gasteiger partial charge in [-0.1, -0.05) is 20.8 Å². The summed E-state index contributed by atoms with van der Waals surface area (Å²) >= 11 is 4.18. The molecule has 0 aliphatic heterocycles. The summed E-state index contributed by atoms with van der Waals surface area (Å²) in [5.41, 5.74) is 1.77. The Hall–Kier alpha value is 0.430. The molecular weight excluding hydrogens is 255 g/mol. The number of hydrogen-bond donors (Lipinski definition) is 0. The van der Waals surface area contributed by atoms with Gasteiger partial charge in [0.05, 0.1) is 2.88 Å². The maximum absolute atomic E-state index is 2.36. The van der Waals surface area contributed by atoms with Crippen LogP contribution < -0.4 is 0 Å². The Bertz CT molecular complexity index is 219. The Morgan fingerprint density at radius 3 is 2.20 bits per heavy atom. The van der Waals surface area contributed by atoms with E-state index in [4.69, 9.17) is 0 Å². The van der Waals surface area contributed by atoms with Crippen molar-refractivity contribution in [3.05, 3.63) is 19.9 Å². The van der Waals surface area contributed by atoms with Crippen LogP contribution in [0.15, 0.2) is 11.4 Å². The molecule has 0 saturated carbocycles. The van der Waals surface area contributed by atoms with Crippen molar-refractivity contribution in [3.8, 4) is 0 Å². The first-order valence-corrected chi connectivity index (χ1v) is 5.20. The van der Waals surface area contributed by atoms with E-state index < -0.39 is 0 Å². The number of thiophene rings is 1. The fourth-order valence-electron chi connectivity index (χ4n) is 0.703. The molecule has 0 aliphatic carbocycles. The minimum atomic E-state index is 0.319. The van der Waals surface area contributed by atoms with E-state index in [9.17, 15) is 0 Å². The summed E-state index contributed by atoms with van der Waals surface area (Å²) < 4.78 is 1.38. The minimum absolute atomic E-state index is 0.319. The van der Waals surface area contributed by atoms with Crippen LogP contribution in [0.2, 0.25) is 0 Å². The van der Waals surface area contributed by atoms with Crippen molar-refractivity contribution in [1.29, 1.82) is 0 Å². The molecule has 1 heterocycles. The molecule has 1 aromatic heterocycles. The summed E-state index contributed by atoms with van der Waals surface area (Å²) in [5.74, 6) is 0. The van der Waals surface area contributed by atoms with Crippen molar-refractivity contribution < 1.29 is 0 Å². The molecule has 0 amide bonds. The largest absolute Gasteiger partial charge is 0.137 e. The van der Waals surface area contributed by atoms with Crippen molar-refractivity contribution in [2.45, 2.75) is 26.2 Å². The van der Waals surface area contributed by atoms with Crippen molar-refractivity contribution in [2.24, 2.45) is 0 Å². The molecular formula is C8H11IS. The first kappa shape index (κ1) is 8.53. The predicted molar refractivity (Wildman–Crippen MR) is 55.7 cm³/mol. The second-order valence-electron chi connectivity index (χ2n) is 3.39. The summed E-state index contributed by atoms with van der Waals surface area (Å²) in [4.78, 5) is 0. The molecule has 0 aliphatic rings. The standard InChI is InChI=1S/C8H11IS/c1-8(2,3)6-4-7(9)10-5-6/h4-5H,1-3H3. The van der Waals surface area contributed by atoms with Gasteiger partial charge in [0, 0.05) is 0 Å². The second-order valence-corrected chi connectivity index (χ2v) is 6.19. The molecule has 0 saturated heterocycles. The van der Waals surface area contributed by atoms with Crippen LogP contribution in [0.25, 0.3) is 0 Å². The monoisotopic (exact) mass is 266 g/mol. The van der Waals surface area contributed by atoms with Gasteiger partial charge in [-0.05, 0) is 45.0 Å². The summed E-state index contributed by atoms with van der Waals surface area (Å²) in [7, 11) is 0. The van der Waals surface area contributed by atoms with Crippen LogP contribution in [-0.4, -0.2) is 0 Å². The SMILES string of the molecule is CC(C)(C)c1csc(I)c1. The third kappa shape index (κ3) is 1.95. The molecule has 1 rings (SSSR count). The van der Waals surface area contributed by atoms with E-state index >= 15 is 0 Å². The molecule has 2 heteroatoms. The predicted octanol–water partition coefficient (Wildman–Crippen LogP) is 3.65. The molecule has 0 aromatic carbocycles. The highest BCUT2D eigenvalue weighted by atomic mass is 127. The van der Waals surface area contributed by atoms with Gasteiger partial charge >= 0.3 is 0 Å². The van der Waals surface area contributed by atoms with Gasteiger partial charge in [-0.15, -0.1) is 11.3 Å². The lowest BCUT2D eigenvalue weighted by atomic mass is 9.90. The molecule has 0 N–H and O–H groups in total. The average molecular weight is 266 g/mol. The van der Waals surface area contributed by atoms with E-state index in [1.165, 1.54) is 8.45 Å². The van der Waals surface area contributed by atoms with Crippen molar-refractivity contribution in [2.75, 3.05) is 0 Å². The molecule has 10 heavy (non-hydrogen) atoms. The van der Waals surface area contributed by atoms with Crippen LogP contribution in [0, 0.1) is 2.88 Å². The van der Waals surface area contributed by atoms with Gasteiger partial charge in [-0.2, -0.15) is 0 Å². The van der Waals surface area contributed by atoms with E-state index in [-0.39, 0.29) is 0 Å². The highest BCUT2D eigenvalue weighted by Crippen LogP contribution is 2.27. The Balaban J connectivity index is 2.96. The first-order valence-electron chi connectivity index (χ1n) is 3.24. The number of hydrogen-bond acceptors (Lipinski definition) is 1. The Kier molecular flexibility index (Phi) is 2.40. The summed E-state index contributed by atoms with van der Waals surface area (Å²) in [6.07, 6.45) is 0. The molecule has 0 nitrogen and oxygen atoms in total. The van der Waals surface area contributed by atoms with Gasteiger partial charge in [-0.25, -0.2) is 0 Å². The molecule has 56 valence electrons. The molecule has 0 atom stereocenters. The number of rotatable bonds is 0. The van der Waals surface area contributed by atoms with Gasteiger partial charge in [0.15, 0.2) is 0 Å². The van der Waals surface area contributed by atoms with E-state index in [2.05, 4.69) is 54.8 Å². The lowest BCUT2D eigenvalue weighted by Crippen LogP contribution is -2.08. The maximum Gasteiger partial charge on any atom is 0.0656 e. The first-order chi connectivity index (χ1) is 4.50. The molecule has 0 spiro atoms. The maximum atomic E-state index is 2.36. The van der Waals surface area contributed by atoms with Crippen LogP contribution in [0.5, 0.6) is 0 Å². The molecule has 1 aromatic rings. The lowest BCUT2D eigenvalue weighted by molar-refractivity contribution is 0.592. The van der Waals surface area contributed by atoms with Crippen molar-refractivity contribution in [1.82, 2.24) is 0 Å². The van der Waals surface area contributed by atoms with Gasteiger partial charge in [0.25, 0.3) is 0 Å². The summed E-state index contributed by atoms with van der Waals surface area (Å²) in [6, 6.07) is 2.26. The quantitative estimate of drug-likeness (QED) is 0.629. The van der Waals surface area contributed by atoms with Gasteiger partial charge in [-0.3, -0.25) is 0 Å². The van der Waals surface area contributed by atoms with Gasteiger partial charge < -0.3 is 0 Å².